The summed E-state index contributed by atoms with van der Waals surface area (Å²) in [6.45, 7) is 6.12. The third-order valence-electron chi connectivity index (χ3n) is 7.02. The summed E-state index contributed by atoms with van der Waals surface area (Å²) in [6.07, 6.45) is 2.13. The molecule has 1 amide bonds. The molecular formula is C30H31N3O5. The van der Waals surface area contributed by atoms with Crippen LogP contribution in [0.2, 0.25) is 0 Å². The second-order valence-corrected chi connectivity index (χ2v) is 9.36. The van der Waals surface area contributed by atoms with E-state index < -0.39 is 5.97 Å². The van der Waals surface area contributed by atoms with Gasteiger partial charge < -0.3 is 23.5 Å². The van der Waals surface area contributed by atoms with Gasteiger partial charge in [-0.25, -0.2) is 4.79 Å². The molecule has 0 aliphatic carbocycles. The molecule has 0 unspecified atom stereocenters. The number of benzene rings is 2. The monoisotopic (exact) mass is 513 g/mol. The van der Waals surface area contributed by atoms with Crippen LogP contribution in [0, 0.1) is 6.92 Å². The molecule has 8 nitrogen and oxygen atoms in total. The van der Waals surface area contributed by atoms with Crippen molar-refractivity contribution in [3.8, 4) is 0 Å². The van der Waals surface area contributed by atoms with E-state index in [1.807, 2.05) is 60.4 Å². The Bertz CT molecular complexity index is 1500. The molecule has 2 aromatic carbocycles. The van der Waals surface area contributed by atoms with Gasteiger partial charge in [-0.05, 0) is 43.5 Å². The normalized spacial score (nSPS) is 13.6. The van der Waals surface area contributed by atoms with Crippen molar-refractivity contribution >= 4 is 28.5 Å². The molecule has 0 radical (unpaired) electrons. The third-order valence-corrected chi connectivity index (χ3v) is 7.02. The number of amides is 1. The van der Waals surface area contributed by atoms with E-state index >= 15 is 0 Å². The average Bonchev–Trinajstić information content (AvgIpc) is 3.48. The van der Waals surface area contributed by atoms with Crippen LogP contribution in [0.1, 0.15) is 39.0 Å². The number of piperazine rings is 1. The number of hydrogen-bond acceptors (Lipinski definition) is 6. The predicted molar refractivity (Wildman–Crippen MR) is 146 cm³/mol. The maximum Gasteiger partial charge on any atom is 0.345 e. The molecule has 8 heteroatoms. The zero-order chi connectivity index (χ0) is 26.6. The van der Waals surface area contributed by atoms with Crippen molar-refractivity contribution in [2.45, 2.75) is 26.8 Å². The standard InChI is InChI=1S/C30H31N3O5/c1-3-37-30(36)25-27(31-16-18-32(19-17-31)28(34)24-13-8-20-38-24)23-12-7-9-21(2)26(23)33(29(25)35)15-14-22-10-5-4-6-11-22/h4-13,20H,3,14-19H2,1-2H3. The maximum atomic E-state index is 14.0. The van der Waals surface area contributed by atoms with Gasteiger partial charge in [0.05, 0.1) is 24.1 Å². The molecule has 0 N–H and O–H groups in total. The lowest BCUT2D eigenvalue weighted by Crippen LogP contribution is -2.49. The number of rotatable bonds is 7. The number of para-hydroxylation sites is 1. The second kappa shape index (κ2) is 11.0. The van der Waals surface area contributed by atoms with Crippen LogP contribution in [0.5, 0.6) is 0 Å². The van der Waals surface area contributed by atoms with Crippen LogP contribution in [0.4, 0.5) is 5.69 Å². The summed E-state index contributed by atoms with van der Waals surface area (Å²) >= 11 is 0. The van der Waals surface area contributed by atoms with Gasteiger partial charge in [-0.2, -0.15) is 0 Å². The fraction of sp³-hybridized carbons (Fsp3) is 0.300. The van der Waals surface area contributed by atoms with Crippen LogP contribution in [0.25, 0.3) is 10.9 Å². The number of aryl methyl sites for hydroxylation is 3. The molecule has 38 heavy (non-hydrogen) atoms. The quantitative estimate of drug-likeness (QED) is 0.343. The average molecular weight is 514 g/mol. The molecule has 0 atom stereocenters. The van der Waals surface area contributed by atoms with E-state index in [1.165, 1.54) is 6.26 Å². The van der Waals surface area contributed by atoms with E-state index in [9.17, 15) is 14.4 Å². The van der Waals surface area contributed by atoms with E-state index in [1.54, 1.807) is 28.5 Å². The molecule has 1 fully saturated rings. The lowest BCUT2D eigenvalue weighted by Gasteiger charge is -2.37. The van der Waals surface area contributed by atoms with Crippen molar-refractivity contribution in [2.75, 3.05) is 37.7 Å². The molecule has 4 aromatic rings. The summed E-state index contributed by atoms with van der Waals surface area (Å²) in [5.41, 5.74) is 3.14. The first-order valence-corrected chi connectivity index (χ1v) is 12.9. The third kappa shape index (κ3) is 4.81. The highest BCUT2D eigenvalue weighted by Gasteiger charge is 2.31. The Balaban J connectivity index is 1.57. The van der Waals surface area contributed by atoms with Crippen LogP contribution in [-0.2, 0) is 17.7 Å². The van der Waals surface area contributed by atoms with Crippen LogP contribution >= 0.6 is 0 Å². The number of ether oxygens (including phenoxy) is 1. The molecule has 5 rings (SSSR count). The number of pyridine rings is 1. The first-order valence-electron chi connectivity index (χ1n) is 12.9. The van der Waals surface area contributed by atoms with Crippen LogP contribution < -0.4 is 10.5 Å². The van der Waals surface area contributed by atoms with Gasteiger partial charge >= 0.3 is 5.97 Å². The molecule has 3 heterocycles. The van der Waals surface area contributed by atoms with E-state index in [0.717, 1.165) is 22.0 Å². The topological polar surface area (TPSA) is 85.0 Å². The van der Waals surface area contributed by atoms with Crippen LogP contribution in [0.15, 0.2) is 76.1 Å². The summed E-state index contributed by atoms with van der Waals surface area (Å²) < 4.78 is 12.4. The number of aromatic nitrogens is 1. The van der Waals surface area contributed by atoms with E-state index in [2.05, 4.69) is 0 Å². The van der Waals surface area contributed by atoms with Crippen molar-refractivity contribution in [3.63, 3.8) is 0 Å². The van der Waals surface area contributed by atoms with Gasteiger partial charge in [0.2, 0.25) is 0 Å². The lowest BCUT2D eigenvalue weighted by atomic mass is 10.0. The minimum Gasteiger partial charge on any atom is -0.462 e. The summed E-state index contributed by atoms with van der Waals surface area (Å²) in [5, 5.41) is 0.825. The summed E-state index contributed by atoms with van der Waals surface area (Å²) in [7, 11) is 0. The largest absolute Gasteiger partial charge is 0.462 e. The molecule has 196 valence electrons. The molecule has 2 aromatic heterocycles. The molecule has 1 aliphatic rings. The number of nitrogens with zero attached hydrogens (tertiary/aromatic N) is 3. The van der Waals surface area contributed by atoms with Gasteiger partial charge in [-0.1, -0.05) is 48.5 Å². The molecule has 1 saturated heterocycles. The van der Waals surface area contributed by atoms with Crippen LogP contribution in [0.3, 0.4) is 0 Å². The Morgan fingerprint density at radius 1 is 0.947 bits per heavy atom. The van der Waals surface area contributed by atoms with Gasteiger partial charge in [-0.3, -0.25) is 9.59 Å². The van der Waals surface area contributed by atoms with Crippen molar-refractivity contribution in [2.24, 2.45) is 0 Å². The highest BCUT2D eigenvalue weighted by Crippen LogP contribution is 2.32. The van der Waals surface area contributed by atoms with Crippen molar-refractivity contribution in [1.29, 1.82) is 0 Å². The second-order valence-electron chi connectivity index (χ2n) is 9.36. The highest BCUT2D eigenvalue weighted by molar-refractivity contribution is 6.06. The van der Waals surface area contributed by atoms with Gasteiger partial charge in [0.1, 0.15) is 5.56 Å². The first-order chi connectivity index (χ1) is 18.5. The zero-order valence-corrected chi connectivity index (χ0v) is 21.7. The van der Waals surface area contributed by atoms with Crippen molar-refractivity contribution < 1.29 is 18.7 Å². The van der Waals surface area contributed by atoms with Gasteiger partial charge in [0.25, 0.3) is 11.5 Å². The minimum absolute atomic E-state index is 0.0452. The summed E-state index contributed by atoms with van der Waals surface area (Å²) in [4.78, 5) is 43.9. The SMILES string of the molecule is CCOC(=O)c1c(N2CCN(C(=O)c3ccco3)CC2)c2cccc(C)c2n(CCc2ccccc2)c1=O. The molecular weight excluding hydrogens is 482 g/mol. The van der Waals surface area contributed by atoms with E-state index in [4.69, 9.17) is 9.15 Å². The molecule has 0 spiro atoms. The molecule has 0 saturated carbocycles. The van der Waals surface area contributed by atoms with Gasteiger partial charge in [0.15, 0.2) is 5.76 Å². The lowest BCUT2D eigenvalue weighted by molar-refractivity contribution is 0.0523. The summed E-state index contributed by atoms with van der Waals surface area (Å²) in [6, 6.07) is 19.2. The number of carbonyl (C=O) groups is 2. The van der Waals surface area contributed by atoms with E-state index in [0.29, 0.717) is 50.6 Å². The Hall–Kier alpha value is -4.33. The Morgan fingerprint density at radius 2 is 1.71 bits per heavy atom. The Kier molecular flexibility index (Phi) is 7.31. The number of fused-ring (bicyclic) bond motifs is 1. The fourth-order valence-electron chi connectivity index (χ4n) is 5.18. The number of anilines is 1. The summed E-state index contributed by atoms with van der Waals surface area (Å²) in [5.74, 6) is -0.497. The Labute approximate surface area is 221 Å². The predicted octanol–water partition coefficient (Wildman–Crippen LogP) is 4.28. The first kappa shape index (κ1) is 25.3. The smallest absolute Gasteiger partial charge is 0.345 e. The number of carbonyl (C=O) groups excluding carboxylic acids is 2. The number of hydrogen-bond donors (Lipinski definition) is 0. The molecule has 1 aliphatic heterocycles. The van der Waals surface area contributed by atoms with Crippen molar-refractivity contribution in [1.82, 2.24) is 9.47 Å². The van der Waals surface area contributed by atoms with Gasteiger partial charge in [0, 0.05) is 38.1 Å². The molecule has 0 bridgehead atoms. The van der Waals surface area contributed by atoms with Crippen molar-refractivity contribution in [3.05, 3.63) is 99.7 Å². The minimum atomic E-state index is -0.626. The van der Waals surface area contributed by atoms with Crippen LogP contribution in [-0.4, -0.2) is 54.1 Å². The zero-order valence-electron chi connectivity index (χ0n) is 21.7. The van der Waals surface area contributed by atoms with Gasteiger partial charge in [-0.15, -0.1) is 0 Å². The highest BCUT2D eigenvalue weighted by atomic mass is 16.5. The van der Waals surface area contributed by atoms with E-state index in [-0.39, 0.29) is 23.6 Å². The Morgan fingerprint density at radius 3 is 2.39 bits per heavy atom. The fourth-order valence-corrected chi connectivity index (χ4v) is 5.18. The maximum absolute atomic E-state index is 14.0. The number of furan rings is 1. The number of esters is 1.